The molecule has 0 aromatic heterocycles. The quantitative estimate of drug-likeness (QED) is 0.288. The van der Waals surface area contributed by atoms with Gasteiger partial charge in [0.25, 0.3) is 0 Å². The Kier molecular flexibility index (Phi) is 15.0. The summed E-state index contributed by atoms with van der Waals surface area (Å²) in [6, 6.07) is 0. The van der Waals surface area contributed by atoms with Gasteiger partial charge in [0.15, 0.2) is 0 Å². The summed E-state index contributed by atoms with van der Waals surface area (Å²) < 4.78 is 5.10. The second-order valence-electron chi connectivity index (χ2n) is 5.38. The average molecular weight is 304 g/mol. The Hall–Kier alpha value is -0.220. The summed E-state index contributed by atoms with van der Waals surface area (Å²) in [4.78, 5) is 11.4. The van der Waals surface area contributed by atoms with Gasteiger partial charge in [-0.05, 0) is 12.8 Å². The van der Waals surface area contributed by atoms with Crippen LogP contribution in [0.3, 0.4) is 0 Å². The third-order valence-electron chi connectivity index (χ3n) is 3.42. The van der Waals surface area contributed by atoms with Gasteiger partial charge in [0.05, 0.1) is 6.61 Å². The number of aliphatic hydroxyl groups excluding tert-OH is 1. The molecule has 0 aromatic rings. The molecule has 120 valence electrons. The van der Waals surface area contributed by atoms with E-state index in [2.05, 4.69) is 19.6 Å². The number of thiol groups is 1. The van der Waals surface area contributed by atoms with E-state index in [0.29, 0.717) is 13.0 Å². The predicted octanol–water partition coefficient (Wildman–Crippen LogP) is 4.13. The summed E-state index contributed by atoms with van der Waals surface area (Å²) in [5.41, 5.74) is 0. The van der Waals surface area contributed by atoms with Crippen LogP contribution >= 0.6 is 12.6 Å². The molecule has 0 fully saturated rings. The number of carbonyl (C=O) groups is 1. The lowest BCUT2D eigenvalue weighted by atomic mass is 10.1. The van der Waals surface area contributed by atoms with Crippen molar-refractivity contribution in [1.82, 2.24) is 0 Å². The van der Waals surface area contributed by atoms with Crippen LogP contribution in [0.25, 0.3) is 0 Å². The number of hydrogen-bond donors (Lipinski definition) is 2. The summed E-state index contributed by atoms with van der Waals surface area (Å²) in [6.07, 6.45) is 13.1. The highest BCUT2D eigenvalue weighted by molar-refractivity contribution is 7.81. The number of carbonyl (C=O) groups excluding carboxylic acids is 1. The molecule has 0 saturated heterocycles. The Morgan fingerprint density at radius 3 is 2.00 bits per heavy atom. The molecule has 0 amide bonds. The molecule has 0 spiro atoms. The first-order valence-corrected chi connectivity index (χ1v) is 8.69. The van der Waals surface area contributed by atoms with Crippen molar-refractivity contribution < 1.29 is 14.6 Å². The van der Waals surface area contributed by atoms with Gasteiger partial charge in [-0.3, -0.25) is 4.79 Å². The Labute approximate surface area is 129 Å². The van der Waals surface area contributed by atoms with Crippen molar-refractivity contribution in [2.45, 2.75) is 82.8 Å². The molecule has 20 heavy (non-hydrogen) atoms. The lowest BCUT2D eigenvalue weighted by Gasteiger charge is -2.09. The molecule has 0 rings (SSSR count). The Balaban J connectivity index is 3.18. The fraction of sp³-hybridized carbons (Fsp3) is 0.938. The zero-order valence-electron chi connectivity index (χ0n) is 13.0. The molecule has 0 aromatic carbocycles. The van der Waals surface area contributed by atoms with Crippen molar-refractivity contribution in [3.05, 3.63) is 0 Å². The third-order valence-corrected chi connectivity index (χ3v) is 3.89. The third kappa shape index (κ3) is 12.8. The van der Waals surface area contributed by atoms with Gasteiger partial charge in [0, 0.05) is 6.61 Å². The molecule has 4 heteroatoms. The molecule has 0 radical (unpaired) electrons. The Morgan fingerprint density at radius 1 is 1.00 bits per heavy atom. The molecule has 0 aliphatic heterocycles. The average Bonchev–Trinajstić information content (AvgIpc) is 2.44. The minimum Gasteiger partial charge on any atom is -0.465 e. The van der Waals surface area contributed by atoms with Gasteiger partial charge in [-0.1, -0.05) is 64.7 Å². The largest absolute Gasteiger partial charge is 0.465 e. The van der Waals surface area contributed by atoms with E-state index in [1.54, 1.807) is 0 Å². The fourth-order valence-corrected chi connectivity index (χ4v) is 2.29. The monoisotopic (exact) mass is 304 g/mol. The van der Waals surface area contributed by atoms with Gasteiger partial charge >= 0.3 is 5.97 Å². The first-order valence-electron chi connectivity index (χ1n) is 8.18. The van der Waals surface area contributed by atoms with E-state index in [1.165, 1.54) is 51.4 Å². The highest BCUT2D eigenvalue weighted by Crippen LogP contribution is 2.11. The van der Waals surface area contributed by atoms with Crippen molar-refractivity contribution in [2.75, 3.05) is 13.2 Å². The minimum atomic E-state index is -0.483. The molecule has 3 nitrogen and oxygen atoms in total. The van der Waals surface area contributed by atoms with Crippen LogP contribution in [-0.2, 0) is 9.53 Å². The summed E-state index contributed by atoms with van der Waals surface area (Å²) >= 11 is 4.08. The number of rotatable bonds is 14. The van der Waals surface area contributed by atoms with Crippen molar-refractivity contribution in [3.8, 4) is 0 Å². The molecular weight excluding hydrogens is 272 g/mol. The van der Waals surface area contributed by atoms with Crippen molar-refractivity contribution in [3.63, 3.8) is 0 Å². The van der Waals surface area contributed by atoms with Crippen LogP contribution in [0.4, 0.5) is 0 Å². The van der Waals surface area contributed by atoms with E-state index in [4.69, 9.17) is 9.84 Å². The number of hydrogen-bond acceptors (Lipinski definition) is 4. The predicted molar refractivity (Wildman–Crippen MR) is 87.3 cm³/mol. The number of unbranched alkanes of at least 4 members (excludes halogenated alkanes) is 9. The number of aliphatic hydroxyl groups is 1. The number of esters is 1. The smallest absolute Gasteiger partial charge is 0.318 e. The normalized spacial score (nSPS) is 12.3. The van der Waals surface area contributed by atoms with Crippen LogP contribution in [0, 0.1) is 0 Å². The second-order valence-corrected chi connectivity index (χ2v) is 6.00. The first kappa shape index (κ1) is 19.8. The second kappa shape index (κ2) is 15.2. The molecule has 0 bridgehead atoms. The van der Waals surface area contributed by atoms with Crippen molar-refractivity contribution in [2.24, 2.45) is 0 Å². The van der Waals surface area contributed by atoms with E-state index in [1.807, 2.05) is 0 Å². The van der Waals surface area contributed by atoms with Gasteiger partial charge in [-0.15, -0.1) is 0 Å². The maximum Gasteiger partial charge on any atom is 0.318 e. The van der Waals surface area contributed by atoms with Crippen LogP contribution in [0.15, 0.2) is 0 Å². The van der Waals surface area contributed by atoms with Gasteiger partial charge < -0.3 is 9.84 Å². The summed E-state index contributed by atoms with van der Waals surface area (Å²) in [5, 5.41) is 8.21. The van der Waals surface area contributed by atoms with Crippen LogP contribution < -0.4 is 0 Å². The van der Waals surface area contributed by atoms with E-state index < -0.39 is 5.25 Å². The van der Waals surface area contributed by atoms with Gasteiger partial charge in [0.1, 0.15) is 5.25 Å². The minimum absolute atomic E-state index is 0.0263. The Morgan fingerprint density at radius 2 is 1.50 bits per heavy atom. The zero-order valence-corrected chi connectivity index (χ0v) is 13.9. The van der Waals surface area contributed by atoms with Crippen molar-refractivity contribution in [1.29, 1.82) is 0 Å². The highest BCUT2D eigenvalue weighted by atomic mass is 32.1. The molecule has 0 aliphatic carbocycles. The molecule has 0 saturated carbocycles. The summed E-state index contributed by atoms with van der Waals surface area (Å²) in [5.74, 6) is -0.307. The SMILES string of the molecule is CCCCCCCCCCCCOC(=O)C(S)CCO. The molecule has 1 atom stereocenters. The molecular formula is C16H32O3S. The highest BCUT2D eigenvalue weighted by Gasteiger charge is 2.13. The van der Waals surface area contributed by atoms with Gasteiger partial charge in [-0.2, -0.15) is 12.6 Å². The van der Waals surface area contributed by atoms with Crippen molar-refractivity contribution >= 4 is 18.6 Å². The summed E-state index contributed by atoms with van der Waals surface area (Å²) in [7, 11) is 0. The van der Waals surface area contributed by atoms with E-state index in [0.717, 1.165) is 12.8 Å². The zero-order chi connectivity index (χ0) is 15.1. The van der Waals surface area contributed by atoms with Crippen LogP contribution in [0.1, 0.15) is 77.6 Å². The molecule has 0 heterocycles. The Bertz CT molecular complexity index is 222. The van der Waals surface area contributed by atoms with E-state index in [9.17, 15) is 4.79 Å². The maximum absolute atomic E-state index is 11.4. The van der Waals surface area contributed by atoms with Crippen LogP contribution in [-0.4, -0.2) is 29.5 Å². The standard InChI is InChI=1S/C16H32O3S/c1-2-3-4-5-6-7-8-9-10-11-14-19-16(18)15(20)12-13-17/h15,17,20H,2-14H2,1H3. The number of ether oxygens (including phenoxy) is 1. The van der Waals surface area contributed by atoms with Crippen LogP contribution in [0.5, 0.6) is 0 Å². The topological polar surface area (TPSA) is 46.5 Å². The summed E-state index contributed by atoms with van der Waals surface area (Å²) in [6.45, 7) is 2.70. The molecule has 0 aliphatic rings. The van der Waals surface area contributed by atoms with E-state index in [-0.39, 0.29) is 12.6 Å². The van der Waals surface area contributed by atoms with Gasteiger partial charge in [-0.25, -0.2) is 0 Å². The molecule has 1 N–H and O–H groups in total. The first-order chi connectivity index (χ1) is 9.72. The van der Waals surface area contributed by atoms with Crippen LogP contribution in [0.2, 0.25) is 0 Å². The maximum atomic E-state index is 11.4. The van der Waals surface area contributed by atoms with Gasteiger partial charge in [0.2, 0.25) is 0 Å². The lowest BCUT2D eigenvalue weighted by Crippen LogP contribution is -2.19. The molecule has 1 unspecified atom stereocenters. The lowest BCUT2D eigenvalue weighted by molar-refractivity contribution is -0.143. The van der Waals surface area contributed by atoms with E-state index >= 15 is 0 Å². The fourth-order valence-electron chi connectivity index (χ4n) is 2.10.